The Morgan fingerprint density at radius 3 is 1.35 bits per heavy atom. The molecule has 3 heteroatoms. The van der Waals surface area contributed by atoms with E-state index in [1.54, 1.807) is 0 Å². The first-order valence-corrected chi connectivity index (χ1v) is 15.6. The van der Waals surface area contributed by atoms with Crippen LogP contribution in [0.15, 0.2) is 176 Å². The largest absolute Gasteiger partial charge is 0.208 e. The van der Waals surface area contributed by atoms with Gasteiger partial charge in [0.1, 0.15) is 0 Å². The maximum Gasteiger partial charge on any atom is 0.164 e. The van der Waals surface area contributed by atoms with Gasteiger partial charge in [-0.25, -0.2) is 15.0 Å². The Labute approximate surface area is 288 Å². The Hall–Kier alpha value is -6.45. The lowest BCUT2D eigenvalue weighted by molar-refractivity contribution is 1.08. The van der Waals surface area contributed by atoms with Crippen LogP contribution in [0.25, 0.3) is 88.7 Å². The molecule has 0 aliphatic carbocycles. The minimum atomic E-state index is -0.491. The topological polar surface area (TPSA) is 38.7 Å². The van der Waals surface area contributed by atoms with Crippen LogP contribution in [0.1, 0.15) is 9.60 Å². The van der Waals surface area contributed by atoms with Crippen molar-refractivity contribution in [3.63, 3.8) is 0 Å². The van der Waals surface area contributed by atoms with Crippen LogP contribution in [-0.4, -0.2) is 15.0 Å². The summed E-state index contributed by atoms with van der Waals surface area (Å²) in [5, 5.41) is 3.33. The zero-order valence-electron chi connectivity index (χ0n) is 32.5. The minimum absolute atomic E-state index is 0.0686. The highest BCUT2D eigenvalue weighted by Gasteiger charge is 2.17. The van der Waals surface area contributed by atoms with Gasteiger partial charge in [-0.1, -0.05) is 164 Å². The van der Waals surface area contributed by atoms with E-state index in [-0.39, 0.29) is 34.5 Å². The highest BCUT2D eigenvalue weighted by molar-refractivity contribution is 6.12. The van der Waals surface area contributed by atoms with Crippen molar-refractivity contribution in [2.24, 2.45) is 0 Å². The fourth-order valence-corrected chi connectivity index (χ4v) is 6.33. The maximum atomic E-state index is 9.20. The monoisotopic (exact) mass is 618 g/mol. The second-order valence-electron chi connectivity index (χ2n) is 11.5. The molecule has 0 aliphatic rings. The molecule has 224 valence electrons. The fourth-order valence-electron chi connectivity index (χ4n) is 6.33. The molecule has 8 aromatic carbocycles. The van der Waals surface area contributed by atoms with E-state index in [0.717, 1.165) is 49.4 Å². The first kappa shape index (κ1) is 21.4. The van der Waals surface area contributed by atoms with Gasteiger partial charge < -0.3 is 0 Å². The van der Waals surface area contributed by atoms with Crippen molar-refractivity contribution >= 4 is 32.3 Å². The van der Waals surface area contributed by atoms with E-state index >= 15 is 0 Å². The molecule has 9 rings (SSSR count). The summed E-state index contributed by atoms with van der Waals surface area (Å²) in [7, 11) is 0. The third kappa shape index (κ3) is 4.90. The zero-order chi connectivity index (χ0) is 38.0. The third-order valence-electron chi connectivity index (χ3n) is 8.60. The van der Waals surface area contributed by atoms with Crippen molar-refractivity contribution in [2.75, 3.05) is 0 Å². The summed E-state index contributed by atoms with van der Waals surface area (Å²) in [6, 6.07) is 40.8. The molecule has 9 aromatic rings. The molecule has 0 amide bonds. The van der Waals surface area contributed by atoms with E-state index in [0.29, 0.717) is 23.0 Å². The Bertz CT molecular complexity index is 2950. The van der Waals surface area contributed by atoms with Gasteiger partial charge in [0.15, 0.2) is 17.5 Å². The predicted molar refractivity (Wildman–Crippen MR) is 200 cm³/mol. The summed E-state index contributed by atoms with van der Waals surface area (Å²) >= 11 is 0. The lowest BCUT2D eigenvalue weighted by Crippen LogP contribution is -2.00. The number of rotatable bonds is 5. The average Bonchev–Trinajstić information content (AvgIpc) is 3.23. The number of benzene rings is 8. The molecular formula is C45H29N3. The number of fused-ring (bicyclic) bond motifs is 3. The molecular weight excluding hydrogens is 583 g/mol. The summed E-state index contributed by atoms with van der Waals surface area (Å²) in [5.41, 5.74) is 5.15. The highest BCUT2D eigenvalue weighted by Crippen LogP contribution is 2.41. The van der Waals surface area contributed by atoms with E-state index in [4.69, 9.17) is 23.2 Å². The molecule has 0 unspecified atom stereocenters. The van der Waals surface area contributed by atoms with Gasteiger partial charge in [0.25, 0.3) is 0 Å². The van der Waals surface area contributed by atoms with Gasteiger partial charge >= 0.3 is 0 Å². The summed E-state index contributed by atoms with van der Waals surface area (Å²) in [5.74, 6) is 1.69. The second-order valence-corrected chi connectivity index (χ2v) is 11.5. The summed E-state index contributed by atoms with van der Waals surface area (Å²) in [4.78, 5) is 14.9. The van der Waals surface area contributed by atoms with Crippen molar-refractivity contribution in [3.8, 4) is 56.4 Å². The normalized spacial score (nSPS) is 13.4. The van der Waals surface area contributed by atoms with Gasteiger partial charge in [0, 0.05) is 16.7 Å². The van der Waals surface area contributed by atoms with Crippen LogP contribution in [0.5, 0.6) is 0 Å². The SMILES string of the molecule is [2H]c1c([2H])c([2H])c2c([2H])c(-c3ccc(-c4ccc(-c5nc(-c6ccccc6)nc(-c6ccccc6)n5)c5ccccc45)c4ccccc34)c([2H])c([2H])c2c1[2H]. The van der Waals surface area contributed by atoms with Crippen molar-refractivity contribution < 1.29 is 9.60 Å². The Morgan fingerprint density at radius 1 is 0.333 bits per heavy atom. The van der Waals surface area contributed by atoms with Crippen molar-refractivity contribution in [1.29, 1.82) is 0 Å². The molecule has 1 heterocycles. The average molecular weight is 619 g/mol. The van der Waals surface area contributed by atoms with E-state index in [2.05, 4.69) is 18.2 Å². The Kier molecular flexibility index (Phi) is 5.22. The summed E-state index contributed by atoms with van der Waals surface area (Å²) in [6.45, 7) is 0. The smallest absolute Gasteiger partial charge is 0.164 e. The number of hydrogen-bond donors (Lipinski definition) is 0. The first-order chi connectivity index (χ1) is 26.7. The first-order valence-electron chi connectivity index (χ1n) is 19.1. The van der Waals surface area contributed by atoms with Crippen LogP contribution in [0.2, 0.25) is 0 Å². The third-order valence-corrected chi connectivity index (χ3v) is 8.60. The molecule has 0 saturated heterocycles. The quantitative estimate of drug-likeness (QED) is 0.193. The van der Waals surface area contributed by atoms with Gasteiger partial charge in [-0.2, -0.15) is 0 Å². The lowest BCUT2D eigenvalue weighted by Gasteiger charge is -2.16. The molecule has 0 fully saturated rings. The standard InChI is InChI=1S/C45H29N3/c1-3-14-31(15-4-1)43-46-44(32-16-5-2-6-17-32)48-45(47-43)42-28-27-41(38-21-11-12-22-39(38)42)40-26-25-35(36-19-9-10-20-37(36)40)34-24-23-30-13-7-8-18-33(30)29-34/h1-29H/i7D,8D,13D,18D,23D,24D,29D. The Morgan fingerprint density at radius 2 is 0.771 bits per heavy atom. The molecule has 0 aliphatic heterocycles. The molecule has 0 saturated carbocycles. The molecule has 0 bridgehead atoms. The second kappa shape index (κ2) is 11.7. The van der Waals surface area contributed by atoms with Gasteiger partial charge in [-0.3, -0.25) is 0 Å². The highest BCUT2D eigenvalue weighted by atomic mass is 15.0. The zero-order valence-corrected chi connectivity index (χ0v) is 25.5. The molecule has 0 atom stereocenters. The summed E-state index contributed by atoms with van der Waals surface area (Å²) < 4.78 is 60.5. The van der Waals surface area contributed by atoms with Crippen LogP contribution in [-0.2, 0) is 0 Å². The van der Waals surface area contributed by atoms with Crippen LogP contribution in [0.4, 0.5) is 0 Å². The van der Waals surface area contributed by atoms with Crippen LogP contribution >= 0.6 is 0 Å². The predicted octanol–water partition coefficient (Wildman–Crippen LogP) is 11.7. The Balaban J connectivity index is 1.25. The molecule has 0 spiro atoms. The van der Waals surface area contributed by atoms with Crippen molar-refractivity contribution in [1.82, 2.24) is 15.0 Å². The molecule has 1 aromatic heterocycles. The summed E-state index contributed by atoms with van der Waals surface area (Å²) in [6.07, 6.45) is 0. The molecule has 0 radical (unpaired) electrons. The van der Waals surface area contributed by atoms with Crippen LogP contribution < -0.4 is 0 Å². The van der Waals surface area contributed by atoms with Gasteiger partial charge in [-0.05, 0) is 66.7 Å². The van der Waals surface area contributed by atoms with Crippen molar-refractivity contribution in [3.05, 3.63) is 176 Å². The number of aromatic nitrogens is 3. The van der Waals surface area contributed by atoms with Crippen LogP contribution in [0.3, 0.4) is 0 Å². The van der Waals surface area contributed by atoms with Gasteiger partial charge in [-0.15, -0.1) is 0 Å². The number of hydrogen-bond acceptors (Lipinski definition) is 3. The van der Waals surface area contributed by atoms with E-state index in [1.807, 2.05) is 115 Å². The van der Waals surface area contributed by atoms with Gasteiger partial charge in [0.2, 0.25) is 0 Å². The molecule has 0 N–H and O–H groups in total. The van der Waals surface area contributed by atoms with E-state index in [9.17, 15) is 1.37 Å². The molecule has 3 nitrogen and oxygen atoms in total. The minimum Gasteiger partial charge on any atom is -0.208 e. The molecule has 48 heavy (non-hydrogen) atoms. The lowest BCUT2D eigenvalue weighted by atomic mass is 9.88. The van der Waals surface area contributed by atoms with E-state index in [1.165, 1.54) is 0 Å². The maximum absolute atomic E-state index is 9.20. The van der Waals surface area contributed by atoms with Crippen molar-refractivity contribution in [2.45, 2.75) is 0 Å². The van der Waals surface area contributed by atoms with Gasteiger partial charge in [0.05, 0.1) is 9.60 Å². The van der Waals surface area contributed by atoms with E-state index < -0.39 is 24.2 Å². The fraction of sp³-hybridized carbons (Fsp3) is 0. The number of nitrogens with zero attached hydrogens (tertiary/aromatic N) is 3. The van der Waals surface area contributed by atoms with Crippen LogP contribution in [0, 0.1) is 0 Å².